The molecule has 1 fully saturated rings. The van der Waals surface area contributed by atoms with Gasteiger partial charge in [0.05, 0.1) is 0 Å². The molecule has 1 saturated carbocycles. The average Bonchev–Trinajstić information content (AvgIpc) is 2.68. The minimum Gasteiger partial charge on any atom is -0.357 e. The molecular weight excluding hydrogens is 325 g/mol. The van der Waals surface area contributed by atoms with E-state index in [4.69, 9.17) is 0 Å². The molecule has 4 heteroatoms. The molecule has 0 aromatic carbocycles. The molecule has 17 heavy (non-hydrogen) atoms. The van der Waals surface area contributed by atoms with Crippen LogP contribution < -0.4 is 10.6 Å². The maximum atomic E-state index is 4.65. The largest absolute Gasteiger partial charge is 0.357 e. The third-order valence-corrected chi connectivity index (χ3v) is 3.02. The van der Waals surface area contributed by atoms with Crippen molar-refractivity contribution in [2.75, 3.05) is 13.1 Å². The predicted octanol–water partition coefficient (Wildman–Crippen LogP) is 3.00. The van der Waals surface area contributed by atoms with Crippen LogP contribution in [0, 0.1) is 11.3 Å². The Kier molecular flexibility index (Phi) is 6.25. The summed E-state index contributed by atoms with van der Waals surface area (Å²) in [7, 11) is 0. The number of halogens is 1. The molecule has 0 aromatic heterocycles. The highest BCUT2D eigenvalue weighted by Gasteiger charge is 2.45. The lowest BCUT2D eigenvalue weighted by atomic mass is 10.1. The van der Waals surface area contributed by atoms with Crippen LogP contribution in [0.25, 0.3) is 0 Å². The van der Waals surface area contributed by atoms with Crippen LogP contribution in [0.15, 0.2) is 4.99 Å². The van der Waals surface area contributed by atoms with E-state index >= 15 is 0 Å². The van der Waals surface area contributed by atoms with E-state index in [0.717, 1.165) is 25.0 Å². The van der Waals surface area contributed by atoms with Crippen molar-refractivity contribution in [3.05, 3.63) is 0 Å². The second kappa shape index (κ2) is 6.25. The lowest BCUT2D eigenvalue weighted by molar-refractivity contribution is 0.499. The van der Waals surface area contributed by atoms with Gasteiger partial charge < -0.3 is 10.6 Å². The lowest BCUT2D eigenvalue weighted by Gasteiger charge is -2.23. The first-order valence-electron chi connectivity index (χ1n) is 6.31. The smallest absolute Gasteiger partial charge is 0.191 e. The monoisotopic (exact) mass is 353 g/mol. The molecule has 1 rings (SSSR count). The number of hydrogen-bond donors (Lipinski definition) is 2. The van der Waals surface area contributed by atoms with Crippen molar-refractivity contribution in [2.45, 2.75) is 53.5 Å². The Morgan fingerprint density at radius 3 is 2.24 bits per heavy atom. The summed E-state index contributed by atoms with van der Waals surface area (Å²) < 4.78 is 0. The molecule has 2 N–H and O–H groups in total. The fraction of sp³-hybridized carbons (Fsp3) is 0.923. The molecule has 0 aliphatic heterocycles. The van der Waals surface area contributed by atoms with Crippen LogP contribution in [0.3, 0.4) is 0 Å². The molecule has 0 aromatic rings. The lowest BCUT2D eigenvalue weighted by Crippen LogP contribution is -2.47. The first kappa shape index (κ1) is 17.0. The highest BCUT2D eigenvalue weighted by Crippen LogP contribution is 2.51. The first-order valence-corrected chi connectivity index (χ1v) is 6.31. The summed E-state index contributed by atoms with van der Waals surface area (Å²) in [6.45, 7) is 15.0. The van der Waals surface area contributed by atoms with Gasteiger partial charge in [-0.05, 0) is 45.4 Å². The maximum absolute atomic E-state index is 4.65. The van der Waals surface area contributed by atoms with Gasteiger partial charge in [0.15, 0.2) is 5.96 Å². The van der Waals surface area contributed by atoms with E-state index in [9.17, 15) is 0 Å². The van der Waals surface area contributed by atoms with Crippen LogP contribution in [0.1, 0.15) is 48.0 Å². The number of hydrogen-bond acceptors (Lipinski definition) is 1. The highest BCUT2D eigenvalue weighted by molar-refractivity contribution is 14.0. The van der Waals surface area contributed by atoms with Gasteiger partial charge in [0, 0.05) is 18.6 Å². The van der Waals surface area contributed by atoms with E-state index in [1.807, 2.05) is 0 Å². The number of aliphatic imine (C=N–C) groups is 1. The average molecular weight is 353 g/mol. The van der Waals surface area contributed by atoms with Gasteiger partial charge in [-0.1, -0.05) is 13.8 Å². The van der Waals surface area contributed by atoms with Gasteiger partial charge in [0.2, 0.25) is 0 Å². The number of nitrogens with one attached hydrogen (secondary N) is 2. The summed E-state index contributed by atoms with van der Waals surface area (Å²) in [5, 5.41) is 6.70. The Labute approximate surface area is 123 Å². The van der Waals surface area contributed by atoms with Gasteiger partial charge in [0.25, 0.3) is 0 Å². The second-order valence-electron chi connectivity index (χ2n) is 6.48. The third kappa shape index (κ3) is 6.48. The molecule has 0 saturated heterocycles. The first-order chi connectivity index (χ1) is 7.24. The maximum Gasteiger partial charge on any atom is 0.191 e. The topological polar surface area (TPSA) is 36.4 Å². The van der Waals surface area contributed by atoms with Gasteiger partial charge in [0.1, 0.15) is 0 Å². The molecule has 0 amide bonds. The highest BCUT2D eigenvalue weighted by atomic mass is 127. The van der Waals surface area contributed by atoms with Crippen molar-refractivity contribution in [3.63, 3.8) is 0 Å². The SMILES string of the molecule is CCNC(=NCC1CC1(C)C)NC(C)(C)C.I. The van der Waals surface area contributed by atoms with Crippen molar-refractivity contribution >= 4 is 29.9 Å². The van der Waals surface area contributed by atoms with Crippen LogP contribution in [0.4, 0.5) is 0 Å². The zero-order valence-electron chi connectivity index (χ0n) is 12.1. The van der Waals surface area contributed by atoms with E-state index in [0.29, 0.717) is 5.41 Å². The number of guanidine groups is 1. The van der Waals surface area contributed by atoms with Crippen LogP contribution >= 0.6 is 24.0 Å². The zero-order valence-corrected chi connectivity index (χ0v) is 14.4. The molecule has 0 heterocycles. The molecule has 1 aliphatic carbocycles. The van der Waals surface area contributed by atoms with Gasteiger partial charge in [-0.25, -0.2) is 0 Å². The number of rotatable bonds is 3. The molecule has 0 spiro atoms. The molecular formula is C13H28IN3. The molecule has 0 radical (unpaired) electrons. The third-order valence-electron chi connectivity index (χ3n) is 3.02. The Balaban J connectivity index is 0.00000256. The quantitative estimate of drug-likeness (QED) is 0.465. The van der Waals surface area contributed by atoms with Gasteiger partial charge in [-0.3, -0.25) is 4.99 Å². The van der Waals surface area contributed by atoms with Gasteiger partial charge >= 0.3 is 0 Å². The molecule has 1 aliphatic rings. The molecule has 102 valence electrons. The Morgan fingerprint density at radius 1 is 1.35 bits per heavy atom. The Morgan fingerprint density at radius 2 is 1.88 bits per heavy atom. The van der Waals surface area contributed by atoms with Crippen LogP contribution in [-0.2, 0) is 0 Å². The summed E-state index contributed by atoms with van der Waals surface area (Å²) >= 11 is 0. The van der Waals surface area contributed by atoms with E-state index in [-0.39, 0.29) is 29.5 Å². The van der Waals surface area contributed by atoms with Crippen molar-refractivity contribution < 1.29 is 0 Å². The van der Waals surface area contributed by atoms with E-state index in [1.165, 1.54) is 6.42 Å². The van der Waals surface area contributed by atoms with Gasteiger partial charge in [-0.2, -0.15) is 0 Å². The Bertz CT molecular complexity index is 266. The van der Waals surface area contributed by atoms with Gasteiger partial charge in [-0.15, -0.1) is 24.0 Å². The zero-order chi connectivity index (χ0) is 12.4. The summed E-state index contributed by atoms with van der Waals surface area (Å²) in [6.07, 6.45) is 1.31. The standard InChI is InChI=1S/C13H27N3.HI/c1-7-14-11(16-12(2,3)4)15-9-10-8-13(10,5)6;/h10H,7-9H2,1-6H3,(H2,14,15,16);1H. The minimum absolute atomic E-state index is 0. The summed E-state index contributed by atoms with van der Waals surface area (Å²) in [4.78, 5) is 4.65. The van der Waals surface area contributed by atoms with Crippen molar-refractivity contribution in [1.82, 2.24) is 10.6 Å². The van der Waals surface area contributed by atoms with Crippen LogP contribution in [0.5, 0.6) is 0 Å². The van der Waals surface area contributed by atoms with Crippen molar-refractivity contribution in [2.24, 2.45) is 16.3 Å². The summed E-state index contributed by atoms with van der Waals surface area (Å²) in [6, 6.07) is 0. The van der Waals surface area contributed by atoms with Crippen LogP contribution in [-0.4, -0.2) is 24.6 Å². The molecule has 3 nitrogen and oxygen atoms in total. The van der Waals surface area contributed by atoms with E-state index in [2.05, 4.69) is 57.2 Å². The second-order valence-corrected chi connectivity index (χ2v) is 6.48. The van der Waals surface area contributed by atoms with Crippen molar-refractivity contribution in [1.29, 1.82) is 0 Å². The normalized spacial score (nSPS) is 22.7. The molecule has 1 unspecified atom stereocenters. The van der Waals surface area contributed by atoms with Crippen LogP contribution in [0.2, 0.25) is 0 Å². The summed E-state index contributed by atoms with van der Waals surface area (Å²) in [5.74, 6) is 1.71. The molecule has 0 bridgehead atoms. The Hall–Kier alpha value is 0. The fourth-order valence-corrected chi connectivity index (χ4v) is 1.75. The van der Waals surface area contributed by atoms with E-state index < -0.39 is 0 Å². The fourth-order valence-electron chi connectivity index (χ4n) is 1.75. The molecule has 1 atom stereocenters. The van der Waals surface area contributed by atoms with E-state index in [1.54, 1.807) is 0 Å². The summed E-state index contributed by atoms with van der Waals surface area (Å²) in [5.41, 5.74) is 0.586. The van der Waals surface area contributed by atoms with Crippen molar-refractivity contribution in [3.8, 4) is 0 Å². The predicted molar refractivity (Wildman–Crippen MR) is 86.2 cm³/mol. The minimum atomic E-state index is 0. The number of nitrogens with zero attached hydrogens (tertiary/aromatic N) is 1.